The summed E-state index contributed by atoms with van der Waals surface area (Å²) in [5, 5.41) is 8.96. The molecule has 1 atom stereocenters. The first kappa shape index (κ1) is 24.8. The summed E-state index contributed by atoms with van der Waals surface area (Å²) in [6.45, 7) is 7.02. The van der Waals surface area contributed by atoms with Crippen LogP contribution in [0.5, 0.6) is 5.75 Å². The number of nitrogens with one attached hydrogen (secondary N) is 3. The third-order valence-electron chi connectivity index (χ3n) is 5.33. The number of rotatable bonds is 11. The molecule has 0 bridgehead atoms. The zero-order valence-corrected chi connectivity index (χ0v) is 20.0. The van der Waals surface area contributed by atoms with Crippen molar-refractivity contribution in [1.29, 1.82) is 0 Å². The molecule has 0 aliphatic heterocycles. The highest BCUT2D eigenvalue weighted by Crippen LogP contribution is 2.18. The van der Waals surface area contributed by atoms with Crippen LogP contribution in [0.2, 0.25) is 0 Å². The summed E-state index contributed by atoms with van der Waals surface area (Å²) in [5.41, 5.74) is 3.06. The quantitative estimate of drug-likeness (QED) is 0.346. The van der Waals surface area contributed by atoms with Gasteiger partial charge in [-0.05, 0) is 61.2 Å². The normalized spacial score (nSPS) is 11.5. The Labute approximate surface area is 201 Å². The third-order valence-corrected chi connectivity index (χ3v) is 5.33. The number of carbonyl (C=O) groups excluding carboxylic acids is 2. The minimum absolute atomic E-state index is 0.0886. The average Bonchev–Trinajstić information content (AvgIpc) is 2.83. The van der Waals surface area contributed by atoms with Crippen LogP contribution in [0.4, 0.5) is 11.4 Å². The lowest BCUT2D eigenvalue weighted by Gasteiger charge is -2.14. The predicted molar refractivity (Wildman–Crippen MR) is 137 cm³/mol. The minimum atomic E-state index is -0.169. The Hall–Kier alpha value is -3.80. The SMILES string of the molecule is CC(C)CCOc1cccc(NC(=O)CNc2ccc(C(=O)NC(C)c3ccccc3)cc2)c1. The molecule has 3 aromatic carbocycles. The number of hydrogen-bond donors (Lipinski definition) is 3. The lowest BCUT2D eigenvalue weighted by molar-refractivity contribution is -0.114. The van der Waals surface area contributed by atoms with Gasteiger partial charge in [-0.1, -0.05) is 50.2 Å². The lowest BCUT2D eigenvalue weighted by atomic mass is 10.1. The summed E-state index contributed by atoms with van der Waals surface area (Å²) in [5.74, 6) is 1.01. The Morgan fingerprint density at radius 2 is 1.59 bits per heavy atom. The second-order valence-corrected chi connectivity index (χ2v) is 8.64. The van der Waals surface area contributed by atoms with Gasteiger partial charge in [0.05, 0.1) is 19.2 Å². The summed E-state index contributed by atoms with van der Waals surface area (Å²) in [7, 11) is 0. The molecule has 2 amide bonds. The van der Waals surface area contributed by atoms with Crippen LogP contribution in [-0.4, -0.2) is 25.0 Å². The van der Waals surface area contributed by atoms with Crippen LogP contribution >= 0.6 is 0 Å². The molecule has 0 aliphatic rings. The Morgan fingerprint density at radius 3 is 2.29 bits per heavy atom. The standard InChI is InChI=1S/C28H33N3O3/c1-20(2)16-17-34-26-11-7-10-25(18-26)31-27(32)19-29-24-14-12-23(13-15-24)28(33)30-21(3)22-8-5-4-6-9-22/h4-15,18,20-21,29H,16-17,19H2,1-3H3,(H,30,33)(H,31,32). The molecule has 3 aromatic rings. The van der Waals surface area contributed by atoms with E-state index in [1.807, 2.05) is 61.5 Å². The van der Waals surface area contributed by atoms with Crippen molar-refractivity contribution in [2.24, 2.45) is 5.92 Å². The number of carbonyl (C=O) groups is 2. The van der Waals surface area contributed by atoms with Crippen molar-refractivity contribution >= 4 is 23.2 Å². The van der Waals surface area contributed by atoms with Crippen LogP contribution < -0.4 is 20.7 Å². The first-order valence-electron chi connectivity index (χ1n) is 11.6. The maximum absolute atomic E-state index is 12.5. The van der Waals surface area contributed by atoms with Crippen LogP contribution in [0.15, 0.2) is 78.9 Å². The van der Waals surface area contributed by atoms with Gasteiger partial charge in [0.25, 0.3) is 5.91 Å². The second kappa shape index (κ2) is 12.4. The average molecular weight is 460 g/mol. The molecule has 1 unspecified atom stereocenters. The predicted octanol–water partition coefficient (Wildman–Crippen LogP) is 5.65. The van der Waals surface area contributed by atoms with Gasteiger partial charge in [-0.3, -0.25) is 9.59 Å². The van der Waals surface area contributed by atoms with Crippen molar-refractivity contribution in [3.63, 3.8) is 0 Å². The largest absolute Gasteiger partial charge is 0.494 e. The Balaban J connectivity index is 1.46. The lowest BCUT2D eigenvalue weighted by Crippen LogP contribution is -2.26. The molecule has 0 aliphatic carbocycles. The molecular weight excluding hydrogens is 426 g/mol. The van der Waals surface area contributed by atoms with Crippen molar-refractivity contribution in [2.45, 2.75) is 33.2 Å². The highest BCUT2D eigenvalue weighted by Gasteiger charge is 2.11. The van der Waals surface area contributed by atoms with Crippen molar-refractivity contribution in [2.75, 3.05) is 23.8 Å². The summed E-state index contributed by atoms with van der Waals surface area (Å²) in [4.78, 5) is 24.9. The molecule has 0 saturated heterocycles. The number of anilines is 2. The van der Waals surface area contributed by atoms with Gasteiger partial charge in [-0.25, -0.2) is 0 Å². The smallest absolute Gasteiger partial charge is 0.251 e. The third kappa shape index (κ3) is 7.96. The van der Waals surface area contributed by atoms with E-state index in [9.17, 15) is 9.59 Å². The first-order valence-corrected chi connectivity index (χ1v) is 11.6. The van der Waals surface area contributed by atoms with E-state index in [-0.39, 0.29) is 24.4 Å². The zero-order valence-electron chi connectivity index (χ0n) is 20.0. The van der Waals surface area contributed by atoms with Gasteiger partial charge in [0.15, 0.2) is 0 Å². The van der Waals surface area contributed by atoms with Gasteiger partial charge in [-0.2, -0.15) is 0 Å². The van der Waals surface area contributed by atoms with Gasteiger partial charge in [0.1, 0.15) is 5.75 Å². The van der Waals surface area contributed by atoms with Crippen molar-refractivity contribution in [3.05, 3.63) is 90.0 Å². The van der Waals surface area contributed by atoms with Gasteiger partial charge in [0.2, 0.25) is 5.91 Å². The molecule has 0 spiro atoms. The molecular formula is C28H33N3O3. The summed E-state index contributed by atoms with van der Waals surface area (Å²) >= 11 is 0. The van der Waals surface area contributed by atoms with Crippen LogP contribution in [0, 0.1) is 5.92 Å². The number of hydrogen-bond acceptors (Lipinski definition) is 4. The monoisotopic (exact) mass is 459 g/mol. The highest BCUT2D eigenvalue weighted by atomic mass is 16.5. The summed E-state index contributed by atoms with van der Waals surface area (Å²) in [6.07, 6.45) is 0.979. The van der Waals surface area contributed by atoms with E-state index in [2.05, 4.69) is 29.8 Å². The Bertz CT molecular complexity index is 1070. The fraction of sp³-hybridized carbons (Fsp3) is 0.286. The zero-order chi connectivity index (χ0) is 24.3. The molecule has 3 N–H and O–H groups in total. The molecule has 34 heavy (non-hydrogen) atoms. The van der Waals surface area contributed by atoms with Gasteiger partial charge in [0, 0.05) is 23.0 Å². The number of ether oxygens (including phenoxy) is 1. The molecule has 0 radical (unpaired) electrons. The molecule has 0 saturated carbocycles. The van der Waals surface area contributed by atoms with E-state index in [0.29, 0.717) is 23.8 Å². The van der Waals surface area contributed by atoms with Crippen LogP contribution in [0.3, 0.4) is 0 Å². The van der Waals surface area contributed by atoms with Crippen molar-refractivity contribution < 1.29 is 14.3 Å². The van der Waals surface area contributed by atoms with Crippen LogP contribution in [-0.2, 0) is 4.79 Å². The molecule has 0 heterocycles. The van der Waals surface area contributed by atoms with Crippen molar-refractivity contribution in [1.82, 2.24) is 5.32 Å². The van der Waals surface area contributed by atoms with Crippen LogP contribution in [0.25, 0.3) is 0 Å². The molecule has 6 nitrogen and oxygen atoms in total. The van der Waals surface area contributed by atoms with Crippen molar-refractivity contribution in [3.8, 4) is 5.75 Å². The van der Waals surface area contributed by atoms with E-state index in [0.717, 1.165) is 23.4 Å². The van der Waals surface area contributed by atoms with E-state index in [1.54, 1.807) is 24.3 Å². The fourth-order valence-corrected chi connectivity index (χ4v) is 3.31. The topological polar surface area (TPSA) is 79.5 Å². The Kier molecular flexibility index (Phi) is 9.09. The molecule has 0 fully saturated rings. The second-order valence-electron chi connectivity index (χ2n) is 8.64. The van der Waals surface area contributed by atoms with Crippen LogP contribution in [0.1, 0.15) is 49.2 Å². The Morgan fingerprint density at radius 1 is 0.853 bits per heavy atom. The number of amides is 2. The first-order chi connectivity index (χ1) is 16.4. The van der Waals surface area contributed by atoms with E-state index in [4.69, 9.17) is 4.74 Å². The molecule has 6 heteroatoms. The summed E-state index contributed by atoms with van der Waals surface area (Å²) in [6, 6.07) is 24.2. The molecule has 3 rings (SSSR count). The van der Waals surface area contributed by atoms with E-state index in [1.165, 1.54) is 0 Å². The maximum atomic E-state index is 12.5. The summed E-state index contributed by atoms with van der Waals surface area (Å²) < 4.78 is 5.75. The fourth-order valence-electron chi connectivity index (χ4n) is 3.31. The van der Waals surface area contributed by atoms with Gasteiger partial charge < -0.3 is 20.7 Å². The highest BCUT2D eigenvalue weighted by molar-refractivity contribution is 5.95. The number of benzene rings is 3. The van der Waals surface area contributed by atoms with Gasteiger partial charge >= 0.3 is 0 Å². The van der Waals surface area contributed by atoms with E-state index >= 15 is 0 Å². The minimum Gasteiger partial charge on any atom is -0.494 e. The van der Waals surface area contributed by atoms with E-state index < -0.39 is 0 Å². The molecule has 178 valence electrons. The maximum Gasteiger partial charge on any atom is 0.251 e. The van der Waals surface area contributed by atoms with Gasteiger partial charge in [-0.15, -0.1) is 0 Å². The molecule has 0 aromatic heterocycles.